The highest BCUT2D eigenvalue weighted by Crippen LogP contribution is 2.12. The largest absolute Gasteiger partial charge is 0.351 e. The SMILES string of the molecule is CC(=O)N/C(=C\c1ccc(Cl)cc1)C(=O)NCCCn1ccnc1. The minimum atomic E-state index is -0.328. The molecule has 126 valence electrons. The summed E-state index contributed by atoms with van der Waals surface area (Å²) in [6.45, 7) is 2.62. The van der Waals surface area contributed by atoms with E-state index in [4.69, 9.17) is 11.6 Å². The van der Waals surface area contributed by atoms with Gasteiger partial charge in [-0.3, -0.25) is 9.59 Å². The van der Waals surface area contributed by atoms with E-state index < -0.39 is 0 Å². The van der Waals surface area contributed by atoms with Crippen LogP contribution in [0.2, 0.25) is 5.02 Å². The Balaban J connectivity index is 1.94. The minimum absolute atomic E-state index is 0.201. The third-order valence-corrected chi connectivity index (χ3v) is 3.43. The molecule has 0 atom stereocenters. The number of rotatable bonds is 7. The van der Waals surface area contributed by atoms with Crippen LogP contribution < -0.4 is 10.6 Å². The van der Waals surface area contributed by atoms with Crippen molar-refractivity contribution >= 4 is 29.5 Å². The fourth-order valence-corrected chi connectivity index (χ4v) is 2.18. The van der Waals surface area contributed by atoms with Gasteiger partial charge >= 0.3 is 0 Å². The molecule has 0 aliphatic heterocycles. The van der Waals surface area contributed by atoms with Crippen LogP contribution in [0, 0.1) is 0 Å². The Bertz CT molecular complexity index is 709. The maximum Gasteiger partial charge on any atom is 0.267 e. The number of benzene rings is 1. The van der Waals surface area contributed by atoms with Gasteiger partial charge in [0.2, 0.25) is 5.91 Å². The molecule has 0 aliphatic rings. The average molecular weight is 347 g/mol. The van der Waals surface area contributed by atoms with Crippen molar-refractivity contribution in [3.05, 3.63) is 59.3 Å². The van der Waals surface area contributed by atoms with Gasteiger partial charge in [-0.1, -0.05) is 23.7 Å². The lowest BCUT2D eigenvalue weighted by atomic mass is 10.2. The Kier molecular flexibility index (Phi) is 6.57. The lowest BCUT2D eigenvalue weighted by Crippen LogP contribution is -2.34. The van der Waals surface area contributed by atoms with Gasteiger partial charge in [-0.2, -0.15) is 0 Å². The summed E-state index contributed by atoms with van der Waals surface area (Å²) in [6.07, 6.45) is 7.68. The number of carbonyl (C=O) groups is 2. The molecule has 2 amide bonds. The van der Waals surface area contributed by atoms with Crippen molar-refractivity contribution in [3.63, 3.8) is 0 Å². The van der Waals surface area contributed by atoms with Gasteiger partial charge in [0.05, 0.1) is 6.33 Å². The zero-order chi connectivity index (χ0) is 17.4. The third-order valence-electron chi connectivity index (χ3n) is 3.17. The van der Waals surface area contributed by atoms with Crippen molar-refractivity contribution in [2.24, 2.45) is 0 Å². The van der Waals surface area contributed by atoms with E-state index >= 15 is 0 Å². The molecule has 6 nitrogen and oxygen atoms in total. The summed E-state index contributed by atoms with van der Waals surface area (Å²) in [5.41, 5.74) is 0.976. The summed E-state index contributed by atoms with van der Waals surface area (Å²) in [5, 5.41) is 5.97. The highest BCUT2D eigenvalue weighted by Gasteiger charge is 2.10. The van der Waals surface area contributed by atoms with Gasteiger partial charge < -0.3 is 15.2 Å². The third kappa shape index (κ3) is 5.89. The molecule has 1 aromatic heterocycles. The first-order valence-corrected chi connectivity index (χ1v) is 7.91. The van der Waals surface area contributed by atoms with E-state index in [1.165, 1.54) is 6.92 Å². The number of nitrogens with one attached hydrogen (secondary N) is 2. The predicted octanol–water partition coefficient (Wildman–Crippen LogP) is 2.22. The van der Waals surface area contributed by atoms with E-state index in [2.05, 4.69) is 15.6 Å². The van der Waals surface area contributed by atoms with Crippen molar-refractivity contribution in [2.45, 2.75) is 19.9 Å². The Morgan fingerprint density at radius 2 is 2.04 bits per heavy atom. The quantitative estimate of drug-likeness (QED) is 0.596. The maximum atomic E-state index is 12.3. The summed E-state index contributed by atoms with van der Waals surface area (Å²) in [4.78, 5) is 27.6. The molecule has 1 aromatic carbocycles. The molecule has 2 rings (SSSR count). The summed E-state index contributed by atoms with van der Waals surface area (Å²) in [5.74, 6) is -0.630. The number of amides is 2. The number of carbonyl (C=O) groups excluding carboxylic acids is 2. The van der Waals surface area contributed by atoms with E-state index in [1.54, 1.807) is 42.9 Å². The standard InChI is InChI=1S/C17H19ClN4O2/c1-13(23)21-16(11-14-3-5-15(18)6-4-14)17(24)20-7-2-9-22-10-8-19-12-22/h3-6,8,10-12H,2,7,9H2,1H3,(H,20,24)(H,21,23)/b16-11-. The molecule has 0 spiro atoms. The molecule has 2 N–H and O–H groups in total. The van der Waals surface area contributed by atoms with Gasteiger partial charge in [-0.05, 0) is 30.2 Å². The topological polar surface area (TPSA) is 76.0 Å². The highest BCUT2D eigenvalue weighted by molar-refractivity contribution is 6.30. The summed E-state index contributed by atoms with van der Waals surface area (Å²) >= 11 is 5.85. The molecule has 0 radical (unpaired) electrons. The monoisotopic (exact) mass is 346 g/mol. The van der Waals surface area contributed by atoms with E-state index in [0.717, 1.165) is 18.5 Å². The van der Waals surface area contributed by atoms with Crippen molar-refractivity contribution in [1.29, 1.82) is 0 Å². The first kappa shape index (κ1) is 17.7. The molecular formula is C17H19ClN4O2. The van der Waals surface area contributed by atoms with Crippen LogP contribution in [0.15, 0.2) is 48.7 Å². The average Bonchev–Trinajstić information content (AvgIpc) is 3.06. The summed E-state index contributed by atoms with van der Waals surface area (Å²) in [7, 11) is 0. The second-order valence-corrected chi connectivity index (χ2v) is 5.64. The van der Waals surface area contributed by atoms with Crippen molar-refractivity contribution in [2.75, 3.05) is 6.54 Å². The molecule has 0 unspecified atom stereocenters. The first-order valence-electron chi connectivity index (χ1n) is 7.53. The molecule has 0 saturated heterocycles. The normalized spacial score (nSPS) is 11.2. The van der Waals surface area contributed by atoms with Gasteiger partial charge in [0, 0.05) is 37.4 Å². The second-order valence-electron chi connectivity index (χ2n) is 5.20. The van der Waals surface area contributed by atoms with Crippen molar-refractivity contribution in [1.82, 2.24) is 20.2 Å². The molecular weight excluding hydrogens is 328 g/mol. The second kappa shape index (κ2) is 8.88. The number of halogens is 1. The lowest BCUT2D eigenvalue weighted by molar-refractivity contribution is -0.122. The number of imidazole rings is 1. The minimum Gasteiger partial charge on any atom is -0.351 e. The molecule has 0 aliphatic carbocycles. The van der Waals surface area contributed by atoms with Crippen LogP contribution in [-0.2, 0) is 16.1 Å². The number of aromatic nitrogens is 2. The number of hydrogen-bond acceptors (Lipinski definition) is 3. The van der Waals surface area contributed by atoms with Crippen LogP contribution in [0.25, 0.3) is 6.08 Å². The van der Waals surface area contributed by atoms with Gasteiger partial charge in [-0.15, -0.1) is 0 Å². The highest BCUT2D eigenvalue weighted by atomic mass is 35.5. The van der Waals surface area contributed by atoms with E-state index in [-0.39, 0.29) is 17.5 Å². The molecule has 7 heteroatoms. The van der Waals surface area contributed by atoms with Crippen LogP contribution in [-0.4, -0.2) is 27.9 Å². The van der Waals surface area contributed by atoms with Crippen LogP contribution in [0.4, 0.5) is 0 Å². The number of nitrogens with zero attached hydrogens (tertiary/aromatic N) is 2. The Morgan fingerprint density at radius 3 is 2.67 bits per heavy atom. The van der Waals surface area contributed by atoms with Gasteiger partial charge in [-0.25, -0.2) is 4.98 Å². The number of hydrogen-bond donors (Lipinski definition) is 2. The number of aryl methyl sites for hydroxylation is 1. The lowest BCUT2D eigenvalue weighted by Gasteiger charge is -2.10. The van der Waals surface area contributed by atoms with Crippen molar-refractivity contribution in [3.8, 4) is 0 Å². The zero-order valence-corrected chi connectivity index (χ0v) is 14.1. The van der Waals surface area contributed by atoms with E-state index in [1.807, 2.05) is 10.8 Å². The molecule has 0 saturated carbocycles. The zero-order valence-electron chi connectivity index (χ0n) is 13.3. The predicted molar refractivity (Wildman–Crippen MR) is 93.1 cm³/mol. The molecule has 0 fully saturated rings. The Morgan fingerprint density at radius 1 is 1.29 bits per heavy atom. The van der Waals surface area contributed by atoms with Crippen LogP contribution >= 0.6 is 11.6 Å². The smallest absolute Gasteiger partial charge is 0.267 e. The van der Waals surface area contributed by atoms with Crippen LogP contribution in [0.3, 0.4) is 0 Å². The van der Waals surface area contributed by atoms with Gasteiger partial charge in [0.1, 0.15) is 5.70 Å². The molecule has 0 bridgehead atoms. The summed E-state index contributed by atoms with van der Waals surface area (Å²) < 4.78 is 1.93. The Labute approximate surface area is 145 Å². The van der Waals surface area contributed by atoms with Crippen LogP contribution in [0.5, 0.6) is 0 Å². The molecule has 2 aromatic rings. The maximum absolute atomic E-state index is 12.3. The van der Waals surface area contributed by atoms with E-state index in [0.29, 0.717) is 11.6 Å². The van der Waals surface area contributed by atoms with E-state index in [9.17, 15) is 9.59 Å². The summed E-state index contributed by atoms with van der Waals surface area (Å²) in [6, 6.07) is 7.00. The molecule has 24 heavy (non-hydrogen) atoms. The fourth-order valence-electron chi connectivity index (χ4n) is 2.05. The molecule has 1 heterocycles. The van der Waals surface area contributed by atoms with Gasteiger partial charge in [0.15, 0.2) is 0 Å². The fraction of sp³-hybridized carbons (Fsp3) is 0.235. The van der Waals surface area contributed by atoms with Crippen molar-refractivity contribution < 1.29 is 9.59 Å². The van der Waals surface area contributed by atoms with Gasteiger partial charge in [0.25, 0.3) is 5.91 Å². The first-order chi connectivity index (χ1) is 11.5. The Hall–Kier alpha value is -2.60. The van der Waals surface area contributed by atoms with Crippen LogP contribution in [0.1, 0.15) is 18.9 Å².